The van der Waals surface area contributed by atoms with Crippen LogP contribution in [-0.4, -0.2) is 28.6 Å². The van der Waals surface area contributed by atoms with Crippen LogP contribution in [0.1, 0.15) is 27.2 Å². The molecular formula is C22H17BrF2N4O. The Bertz CT molecular complexity index is 1150. The molecule has 0 saturated carbocycles. The number of amides is 1. The molecule has 0 atom stereocenters. The molecule has 5 nitrogen and oxygen atoms in total. The molecule has 152 valence electrons. The third kappa shape index (κ3) is 3.59. The first kappa shape index (κ1) is 20.2. The molecule has 2 aliphatic rings. The van der Waals surface area contributed by atoms with Gasteiger partial charge in [0.25, 0.3) is 5.91 Å². The molecule has 0 bridgehead atoms. The van der Waals surface area contributed by atoms with Gasteiger partial charge < -0.3 is 15.6 Å². The van der Waals surface area contributed by atoms with Gasteiger partial charge in [0.05, 0.1) is 30.1 Å². The van der Waals surface area contributed by atoms with E-state index in [0.717, 1.165) is 0 Å². The highest BCUT2D eigenvalue weighted by atomic mass is 79.9. The summed E-state index contributed by atoms with van der Waals surface area (Å²) in [5.41, 5.74) is 2.48. The average Bonchev–Trinajstić information content (AvgIpc) is 3.01. The molecule has 1 aliphatic heterocycles. The SMILES string of the molecule is CN/C=C1\C(=N)C=CC=C1c1cc(F)c(CN2Cc3ncc(Br)cc3C2=O)c(F)c1. The molecule has 8 heteroatoms. The normalized spacial score (nSPS) is 16.9. The number of allylic oxidation sites excluding steroid dienone is 5. The molecule has 1 aliphatic carbocycles. The zero-order valence-corrected chi connectivity index (χ0v) is 17.6. The molecule has 2 heterocycles. The molecule has 0 spiro atoms. The van der Waals surface area contributed by atoms with Gasteiger partial charge in [0.1, 0.15) is 11.6 Å². The van der Waals surface area contributed by atoms with Gasteiger partial charge in [-0.25, -0.2) is 8.78 Å². The van der Waals surface area contributed by atoms with Crippen molar-refractivity contribution in [1.82, 2.24) is 15.2 Å². The summed E-state index contributed by atoms with van der Waals surface area (Å²) >= 11 is 3.28. The van der Waals surface area contributed by atoms with E-state index in [1.165, 1.54) is 17.0 Å². The number of fused-ring (bicyclic) bond motifs is 1. The predicted molar refractivity (Wildman–Crippen MR) is 114 cm³/mol. The molecule has 4 rings (SSSR count). The van der Waals surface area contributed by atoms with Crippen molar-refractivity contribution >= 4 is 33.1 Å². The molecule has 2 aromatic rings. The minimum absolute atomic E-state index is 0.180. The Morgan fingerprint density at radius 1 is 1.30 bits per heavy atom. The number of halogens is 3. The Hall–Kier alpha value is -3.13. The maximum Gasteiger partial charge on any atom is 0.256 e. The second-order valence-corrected chi connectivity index (χ2v) is 7.84. The number of pyridine rings is 1. The Morgan fingerprint density at radius 2 is 2.03 bits per heavy atom. The molecule has 2 N–H and O–H groups in total. The van der Waals surface area contributed by atoms with Crippen LogP contribution in [0.2, 0.25) is 0 Å². The van der Waals surface area contributed by atoms with E-state index >= 15 is 0 Å². The van der Waals surface area contributed by atoms with E-state index in [0.29, 0.717) is 32.4 Å². The first-order valence-corrected chi connectivity index (χ1v) is 9.95. The first-order chi connectivity index (χ1) is 14.4. The van der Waals surface area contributed by atoms with E-state index in [-0.39, 0.29) is 30.3 Å². The molecule has 30 heavy (non-hydrogen) atoms. The van der Waals surface area contributed by atoms with Crippen molar-refractivity contribution in [2.75, 3.05) is 7.05 Å². The van der Waals surface area contributed by atoms with E-state index in [1.807, 2.05) is 0 Å². The minimum atomic E-state index is -0.742. The average molecular weight is 471 g/mol. The van der Waals surface area contributed by atoms with Crippen molar-refractivity contribution in [1.29, 1.82) is 5.41 Å². The quantitative estimate of drug-likeness (QED) is 0.697. The van der Waals surface area contributed by atoms with Crippen LogP contribution in [0, 0.1) is 17.0 Å². The summed E-state index contributed by atoms with van der Waals surface area (Å²) in [5.74, 6) is -1.79. The van der Waals surface area contributed by atoms with Crippen LogP contribution in [0.15, 0.2) is 58.9 Å². The maximum absolute atomic E-state index is 14.9. The second-order valence-electron chi connectivity index (χ2n) is 6.93. The molecule has 1 aromatic carbocycles. The zero-order chi connectivity index (χ0) is 21.4. The summed E-state index contributed by atoms with van der Waals surface area (Å²) in [7, 11) is 1.69. The van der Waals surface area contributed by atoms with Crippen molar-refractivity contribution < 1.29 is 13.6 Å². The van der Waals surface area contributed by atoms with Gasteiger partial charge in [-0.2, -0.15) is 0 Å². The number of carbonyl (C=O) groups excluding carboxylic acids is 1. The lowest BCUT2D eigenvalue weighted by atomic mass is 9.90. The van der Waals surface area contributed by atoms with E-state index in [2.05, 4.69) is 26.2 Å². The maximum atomic E-state index is 14.9. The van der Waals surface area contributed by atoms with Crippen molar-refractivity contribution in [2.45, 2.75) is 13.1 Å². The highest BCUT2D eigenvalue weighted by molar-refractivity contribution is 9.10. The summed E-state index contributed by atoms with van der Waals surface area (Å²) in [6, 6.07) is 4.14. The Morgan fingerprint density at radius 3 is 2.73 bits per heavy atom. The van der Waals surface area contributed by atoms with Crippen LogP contribution < -0.4 is 5.32 Å². The van der Waals surface area contributed by atoms with Gasteiger partial charge in [0, 0.05) is 35.1 Å². The van der Waals surface area contributed by atoms with Gasteiger partial charge in [0.2, 0.25) is 0 Å². The van der Waals surface area contributed by atoms with Crippen LogP contribution in [-0.2, 0) is 13.1 Å². The molecule has 0 radical (unpaired) electrons. The monoisotopic (exact) mass is 470 g/mol. The summed E-state index contributed by atoms with van der Waals surface area (Å²) in [4.78, 5) is 18.2. The number of nitrogens with one attached hydrogen (secondary N) is 2. The number of rotatable bonds is 4. The van der Waals surface area contributed by atoms with Crippen molar-refractivity contribution in [2.24, 2.45) is 0 Å². The van der Waals surface area contributed by atoms with Gasteiger partial charge in [-0.3, -0.25) is 9.78 Å². The number of nitrogens with zero attached hydrogens (tertiary/aromatic N) is 2. The van der Waals surface area contributed by atoms with Crippen LogP contribution in [0.5, 0.6) is 0 Å². The van der Waals surface area contributed by atoms with Gasteiger partial charge in [-0.15, -0.1) is 0 Å². The number of carbonyl (C=O) groups is 1. The zero-order valence-electron chi connectivity index (χ0n) is 16.0. The fourth-order valence-corrected chi connectivity index (χ4v) is 3.88. The molecule has 0 saturated heterocycles. The Balaban J connectivity index is 1.64. The molecule has 1 aromatic heterocycles. The molecule has 1 amide bonds. The highest BCUT2D eigenvalue weighted by Gasteiger charge is 2.30. The number of hydrogen-bond donors (Lipinski definition) is 2. The van der Waals surface area contributed by atoms with E-state index < -0.39 is 11.6 Å². The number of hydrogen-bond acceptors (Lipinski definition) is 4. The summed E-state index contributed by atoms with van der Waals surface area (Å²) in [5, 5.41) is 10.9. The van der Waals surface area contributed by atoms with Crippen molar-refractivity contribution in [3.05, 3.63) is 92.9 Å². The van der Waals surface area contributed by atoms with E-state index in [1.54, 1.807) is 43.7 Å². The minimum Gasteiger partial charge on any atom is -0.393 e. The number of aromatic nitrogens is 1. The van der Waals surface area contributed by atoms with Crippen molar-refractivity contribution in [3.63, 3.8) is 0 Å². The van der Waals surface area contributed by atoms with E-state index in [9.17, 15) is 13.6 Å². The summed E-state index contributed by atoms with van der Waals surface area (Å²) < 4.78 is 30.5. The lowest BCUT2D eigenvalue weighted by Gasteiger charge is -2.19. The van der Waals surface area contributed by atoms with Gasteiger partial charge in [-0.05, 0) is 51.3 Å². The fraction of sp³-hybridized carbons (Fsp3) is 0.136. The topological polar surface area (TPSA) is 69.1 Å². The van der Waals surface area contributed by atoms with Crippen molar-refractivity contribution in [3.8, 4) is 0 Å². The van der Waals surface area contributed by atoms with E-state index in [4.69, 9.17) is 5.41 Å². The third-order valence-corrected chi connectivity index (χ3v) is 5.42. The number of benzene rings is 1. The summed E-state index contributed by atoms with van der Waals surface area (Å²) in [6.07, 6.45) is 8.19. The molecule has 0 unspecified atom stereocenters. The molecule has 0 fully saturated rings. The van der Waals surface area contributed by atoms with Gasteiger partial charge in [-0.1, -0.05) is 12.2 Å². The standard InChI is InChI=1S/C22H17BrF2N4O/c1-27-9-16-14(3-2-4-20(16)26)12-5-18(24)17(19(25)6-12)10-29-11-21-15(22(29)30)7-13(23)8-28-21/h2-9,26-27H,10-11H2,1H3/b16-9-,26-20?. The fourth-order valence-electron chi connectivity index (χ4n) is 3.55. The third-order valence-electron chi connectivity index (χ3n) is 4.99. The smallest absolute Gasteiger partial charge is 0.256 e. The second kappa shape index (κ2) is 7.95. The lowest BCUT2D eigenvalue weighted by Crippen LogP contribution is -2.24. The van der Waals surface area contributed by atoms with Crippen LogP contribution in [0.3, 0.4) is 0 Å². The van der Waals surface area contributed by atoms with Crippen LogP contribution in [0.4, 0.5) is 8.78 Å². The Kier molecular flexibility index (Phi) is 5.34. The first-order valence-electron chi connectivity index (χ1n) is 9.16. The van der Waals surface area contributed by atoms with Gasteiger partial charge >= 0.3 is 0 Å². The summed E-state index contributed by atoms with van der Waals surface area (Å²) in [6.45, 7) is 0.00296. The molecular weight excluding hydrogens is 454 g/mol. The predicted octanol–water partition coefficient (Wildman–Crippen LogP) is 4.35. The highest BCUT2D eigenvalue weighted by Crippen LogP contribution is 2.31. The largest absolute Gasteiger partial charge is 0.393 e. The lowest BCUT2D eigenvalue weighted by molar-refractivity contribution is 0.0763. The van der Waals surface area contributed by atoms with Gasteiger partial charge in [0.15, 0.2) is 0 Å². The van der Waals surface area contributed by atoms with Crippen LogP contribution >= 0.6 is 15.9 Å². The Labute approximate surface area is 180 Å². The van der Waals surface area contributed by atoms with Crippen LogP contribution in [0.25, 0.3) is 5.57 Å².